The highest BCUT2D eigenvalue weighted by molar-refractivity contribution is 6.08. The molecule has 7 nitrogen and oxygen atoms in total. The molecule has 1 aliphatic heterocycles. The van der Waals surface area contributed by atoms with E-state index in [-0.39, 0.29) is 18.1 Å². The Labute approximate surface area is 164 Å². The van der Waals surface area contributed by atoms with E-state index in [4.69, 9.17) is 4.74 Å². The monoisotopic (exact) mass is 386 g/mol. The van der Waals surface area contributed by atoms with Crippen LogP contribution in [0.25, 0.3) is 0 Å². The summed E-state index contributed by atoms with van der Waals surface area (Å²) in [4.78, 5) is 31.7. The molecule has 0 radical (unpaired) electrons. The number of aryl methyl sites for hydroxylation is 2. The second-order valence-electron chi connectivity index (χ2n) is 7.17. The Morgan fingerprint density at radius 3 is 2.43 bits per heavy atom. The third-order valence-electron chi connectivity index (χ3n) is 5.24. The number of piperazine rings is 1. The summed E-state index contributed by atoms with van der Waals surface area (Å²) >= 11 is 0. The average Bonchev–Trinajstić information content (AvgIpc) is 2.97. The van der Waals surface area contributed by atoms with Crippen LogP contribution in [0.3, 0.4) is 0 Å². The number of quaternary nitrogens is 1. The van der Waals surface area contributed by atoms with Crippen LogP contribution in [0, 0.1) is 13.8 Å². The summed E-state index contributed by atoms with van der Waals surface area (Å²) in [5.74, 6) is -0.220. The topological polar surface area (TPSA) is 87.1 Å². The van der Waals surface area contributed by atoms with Gasteiger partial charge in [0.15, 0.2) is 0 Å². The summed E-state index contributed by atoms with van der Waals surface area (Å²) < 4.78 is 5.13. The molecule has 7 heteroatoms. The number of aromatic hydroxyl groups is 1. The Morgan fingerprint density at radius 1 is 1.14 bits per heavy atom. The molecule has 0 unspecified atom stereocenters. The SMILES string of the molecule is CCOC(=O)c1c(C)[nH]c(C)c1C(=O)C[NH+]1CCN(c2ccccc2O)CC1. The van der Waals surface area contributed by atoms with Crippen molar-refractivity contribution in [3.05, 3.63) is 46.8 Å². The highest BCUT2D eigenvalue weighted by atomic mass is 16.5. The van der Waals surface area contributed by atoms with Crippen LogP contribution in [0.1, 0.15) is 39.0 Å². The van der Waals surface area contributed by atoms with Crippen molar-refractivity contribution in [1.29, 1.82) is 0 Å². The molecule has 3 N–H and O–H groups in total. The van der Waals surface area contributed by atoms with E-state index < -0.39 is 5.97 Å². The van der Waals surface area contributed by atoms with Gasteiger partial charge >= 0.3 is 5.97 Å². The lowest BCUT2D eigenvalue weighted by atomic mass is 10.0. The van der Waals surface area contributed by atoms with E-state index in [1.807, 2.05) is 19.1 Å². The van der Waals surface area contributed by atoms with Gasteiger partial charge in [-0.25, -0.2) is 4.79 Å². The van der Waals surface area contributed by atoms with Crippen LogP contribution in [-0.2, 0) is 4.74 Å². The summed E-state index contributed by atoms with van der Waals surface area (Å²) in [6.07, 6.45) is 0. The maximum absolute atomic E-state index is 13.0. The van der Waals surface area contributed by atoms with Crippen LogP contribution in [-0.4, -0.2) is 61.2 Å². The number of nitrogens with zero attached hydrogens (tertiary/aromatic N) is 1. The first-order valence-corrected chi connectivity index (χ1v) is 9.68. The number of hydrogen-bond acceptors (Lipinski definition) is 5. The molecule has 1 aliphatic rings. The number of benzene rings is 1. The molecule has 0 aliphatic carbocycles. The zero-order valence-corrected chi connectivity index (χ0v) is 16.7. The Hall–Kier alpha value is -2.80. The van der Waals surface area contributed by atoms with E-state index in [1.165, 1.54) is 4.90 Å². The van der Waals surface area contributed by atoms with E-state index in [0.717, 1.165) is 31.9 Å². The number of ketones is 1. The van der Waals surface area contributed by atoms with Gasteiger partial charge in [0.2, 0.25) is 5.78 Å². The van der Waals surface area contributed by atoms with E-state index in [9.17, 15) is 14.7 Å². The number of hydrogen-bond donors (Lipinski definition) is 3. The predicted octanol–water partition coefficient (Wildman–Crippen LogP) is 1.10. The number of carbonyl (C=O) groups excluding carboxylic acids is 2. The smallest absolute Gasteiger partial charge is 0.340 e. The quantitative estimate of drug-likeness (QED) is 0.511. The molecular formula is C21H28N3O4+. The molecule has 0 saturated carbocycles. The van der Waals surface area contributed by atoms with Gasteiger partial charge in [0, 0.05) is 11.4 Å². The number of phenols is 1. The van der Waals surface area contributed by atoms with Gasteiger partial charge in [-0.3, -0.25) is 4.79 Å². The molecule has 28 heavy (non-hydrogen) atoms. The van der Waals surface area contributed by atoms with Crippen molar-refractivity contribution >= 4 is 17.4 Å². The fourth-order valence-corrected chi connectivity index (χ4v) is 3.88. The van der Waals surface area contributed by atoms with E-state index in [1.54, 1.807) is 26.0 Å². The normalized spacial score (nSPS) is 14.9. The number of anilines is 1. The largest absolute Gasteiger partial charge is 0.506 e. The molecule has 0 spiro atoms. The summed E-state index contributed by atoms with van der Waals surface area (Å²) in [6.45, 7) is 9.06. The van der Waals surface area contributed by atoms with Crippen LogP contribution >= 0.6 is 0 Å². The molecule has 3 rings (SSSR count). The maximum Gasteiger partial charge on any atom is 0.340 e. The highest BCUT2D eigenvalue weighted by Gasteiger charge is 2.29. The standard InChI is InChI=1S/C21H27N3O4/c1-4-28-21(27)20-15(3)22-14(2)19(20)18(26)13-23-9-11-24(12-10-23)16-7-5-6-8-17(16)25/h5-8,22,25H,4,9-13H2,1-3H3/p+1. The van der Waals surface area contributed by atoms with Crippen molar-refractivity contribution in [3.8, 4) is 5.75 Å². The zero-order chi connectivity index (χ0) is 20.3. The van der Waals surface area contributed by atoms with E-state index >= 15 is 0 Å². The van der Waals surface area contributed by atoms with Crippen LogP contribution < -0.4 is 9.80 Å². The minimum absolute atomic E-state index is 0.0455. The molecule has 1 aromatic carbocycles. The fourth-order valence-electron chi connectivity index (χ4n) is 3.88. The molecule has 0 bridgehead atoms. The van der Waals surface area contributed by atoms with Gasteiger partial charge in [0.05, 0.1) is 49.6 Å². The second-order valence-corrected chi connectivity index (χ2v) is 7.17. The van der Waals surface area contributed by atoms with Gasteiger partial charge in [-0.15, -0.1) is 0 Å². The number of aromatic nitrogens is 1. The minimum atomic E-state index is -0.452. The fraction of sp³-hybridized carbons (Fsp3) is 0.429. The van der Waals surface area contributed by atoms with Crippen LogP contribution in [0.4, 0.5) is 5.69 Å². The summed E-state index contributed by atoms with van der Waals surface area (Å²) in [5, 5.41) is 10.0. The van der Waals surface area contributed by atoms with Crippen molar-refractivity contribution in [2.75, 3.05) is 44.2 Å². The van der Waals surface area contributed by atoms with Crippen molar-refractivity contribution in [2.24, 2.45) is 0 Å². The van der Waals surface area contributed by atoms with Crippen molar-refractivity contribution < 1.29 is 24.3 Å². The molecule has 2 heterocycles. The molecular weight excluding hydrogens is 358 g/mol. The zero-order valence-electron chi connectivity index (χ0n) is 16.7. The number of para-hydroxylation sites is 2. The molecule has 0 amide bonds. The number of Topliss-reactive ketones (excluding diaryl/α,β-unsaturated/α-hetero) is 1. The lowest BCUT2D eigenvalue weighted by Crippen LogP contribution is -3.15. The minimum Gasteiger partial charge on any atom is -0.506 e. The number of ether oxygens (including phenoxy) is 1. The van der Waals surface area contributed by atoms with Crippen molar-refractivity contribution in [3.63, 3.8) is 0 Å². The number of aromatic amines is 1. The maximum atomic E-state index is 13.0. The second kappa shape index (κ2) is 8.48. The number of nitrogens with one attached hydrogen (secondary N) is 2. The van der Waals surface area contributed by atoms with Gasteiger partial charge in [-0.2, -0.15) is 0 Å². The summed E-state index contributed by atoms with van der Waals surface area (Å²) in [6, 6.07) is 7.31. The number of phenolic OH excluding ortho intramolecular Hbond substituents is 1. The van der Waals surface area contributed by atoms with Gasteiger partial charge in [0.1, 0.15) is 12.3 Å². The number of rotatable bonds is 6. The Bertz CT molecular complexity index is 867. The van der Waals surface area contributed by atoms with Crippen molar-refractivity contribution in [1.82, 2.24) is 4.98 Å². The third-order valence-corrected chi connectivity index (χ3v) is 5.24. The van der Waals surface area contributed by atoms with Crippen molar-refractivity contribution in [2.45, 2.75) is 20.8 Å². The van der Waals surface area contributed by atoms with Gasteiger partial charge < -0.3 is 24.6 Å². The highest BCUT2D eigenvalue weighted by Crippen LogP contribution is 2.26. The lowest BCUT2D eigenvalue weighted by Gasteiger charge is -2.33. The number of carbonyl (C=O) groups is 2. The predicted molar refractivity (Wildman–Crippen MR) is 106 cm³/mol. The average molecular weight is 386 g/mol. The molecule has 2 aromatic rings. The van der Waals surface area contributed by atoms with E-state index in [2.05, 4.69) is 9.88 Å². The van der Waals surface area contributed by atoms with E-state index in [0.29, 0.717) is 29.1 Å². The summed E-state index contributed by atoms with van der Waals surface area (Å²) in [7, 11) is 0. The Kier molecular flexibility index (Phi) is 6.04. The van der Waals surface area contributed by atoms with Gasteiger partial charge in [-0.05, 0) is 32.9 Å². The van der Waals surface area contributed by atoms with Gasteiger partial charge in [-0.1, -0.05) is 12.1 Å². The number of esters is 1. The third kappa shape index (κ3) is 4.04. The summed E-state index contributed by atoms with van der Waals surface area (Å²) in [5.41, 5.74) is 3.01. The van der Waals surface area contributed by atoms with Crippen LogP contribution in [0.2, 0.25) is 0 Å². The van der Waals surface area contributed by atoms with Crippen LogP contribution in [0.15, 0.2) is 24.3 Å². The first-order valence-electron chi connectivity index (χ1n) is 9.68. The molecule has 0 atom stereocenters. The molecule has 150 valence electrons. The molecule has 1 aromatic heterocycles. The van der Waals surface area contributed by atoms with Crippen LogP contribution in [0.5, 0.6) is 5.75 Å². The first kappa shape index (κ1) is 19.9. The van der Waals surface area contributed by atoms with Gasteiger partial charge in [0.25, 0.3) is 0 Å². The molecule has 1 saturated heterocycles. The Morgan fingerprint density at radius 2 is 1.79 bits per heavy atom. The first-order chi connectivity index (χ1) is 13.4. The Balaban J connectivity index is 1.67. The lowest BCUT2D eigenvalue weighted by molar-refractivity contribution is -0.892. The number of H-pyrrole nitrogens is 1. The molecule has 1 fully saturated rings.